The summed E-state index contributed by atoms with van der Waals surface area (Å²) in [6, 6.07) is 0. The minimum absolute atomic E-state index is 0.313. The van der Waals surface area contributed by atoms with E-state index >= 15 is 0 Å². The molecule has 2 N–H and O–H groups in total. The van der Waals surface area contributed by atoms with Gasteiger partial charge in [0, 0.05) is 36.5 Å². The first-order valence-electron chi connectivity index (χ1n) is 8.81. The van der Waals surface area contributed by atoms with Crippen LogP contribution in [0, 0.1) is 22.7 Å². The van der Waals surface area contributed by atoms with Gasteiger partial charge in [-0.15, -0.1) is 0 Å². The molecular formula is C19H28O6. The lowest BCUT2D eigenvalue weighted by molar-refractivity contribution is -0.159. The highest BCUT2D eigenvalue weighted by Gasteiger charge is 2.78. The van der Waals surface area contributed by atoms with Crippen molar-refractivity contribution in [2.45, 2.75) is 71.4 Å². The van der Waals surface area contributed by atoms with Crippen LogP contribution in [0.1, 0.15) is 47.5 Å². The van der Waals surface area contributed by atoms with E-state index in [1.165, 1.54) is 13.8 Å². The van der Waals surface area contributed by atoms with Crippen LogP contribution in [-0.2, 0) is 19.1 Å². The quantitative estimate of drug-likeness (QED) is 0.579. The highest BCUT2D eigenvalue weighted by molar-refractivity contribution is 5.67. The smallest absolute Gasteiger partial charge is 0.302 e. The molecule has 6 heteroatoms. The number of hydrogen-bond acceptors (Lipinski definition) is 6. The predicted molar refractivity (Wildman–Crippen MR) is 89.3 cm³/mol. The maximum atomic E-state index is 11.7. The van der Waals surface area contributed by atoms with Gasteiger partial charge in [0.05, 0.1) is 11.7 Å². The van der Waals surface area contributed by atoms with Crippen molar-refractivity contribution in [2.24, 2.45) is 22.7 Å². The molecule has 0 aromatic carbocycles. The molecule has 6 nitrogen and oxygen atoms in total. The molecule has 140 valence electrons. The fourth-order valence-corrected chi connectivity index (χ4v) is 6.24. The zero-order chi connectivity index (χ0) is 18.9. The summed E-state index contributed by atoms with van der Waals surface area (Å²) in [5.41, 5.74) is -2.11. The Morgan fingerprint density at radius 3 is 2.24 bits per heavy atom. The van der Waals surface area contributed by atoms with Crippen LogP contribution in [0.5, 0.6) is 0 Å². The van der Waals surface area contributed by atoms with E-state index in [0.717, 1.165) is 0 Å². The van der Waals surface area contributed by atoms with Gasteiger partial charge in [0.2, 0.25) is 0 Å². The van der Waals surface area contributed by atoms with E-state index in [9.17, 15) is 19.8 Å². The molecule has 0 aromatic rings. The van der Waals surface area contributed by atoms with E-state index in [1.54, 1.807) is 0 Å². The van der Waals surface area contributed by atoms with E-state index in [1.807, 2.05) is 20.8 Å². The van der Waals surface area contributed by atoms with Crippen LogP contribution in [0.15, 0.2) is 12.2 Å². The van der Waals surface area contributed by atoms with Crippen molar-refractivity contribution < 1.29 is 29.3 Å². The normalized spacial score (nSPS) is 47.3. The lowest BCUT2D eigenvalue weighted by Crippen LogP contribution is -2.48. The zero-order valence-electron chi connectivity index (χ0n) is 15.5. The Morgan fingerprint density at radius 1 is 1.16 bits per heavy atom. The van der Waals surface area contributed by atoms with E-state index in [2.05, 4.69) is 6.58 Å². The standard InChI is InChI=1S/C19H28O6/c1-9-13(22)7-12-15(25-11(3)21)18(6)8-14(24-10(2)20)17(4,5)16(18)19(9,12)23/h12-16,22-23H,1,7-8H2,2-6H3. The van der Waals surface area contributed by atoms with Gasteiger partial charge in [-0.1, -0.05) is 27.4 Å². The molecule has 0 spiro atoms. The van der Waals surface area contributed by atoms with Crippen LogP contribution in [0.4, 0.5) is 0 Å². The molecule has 3 aliphatic carbocycles. The molecule has 0 radical (unpaired) electrons. The molecule has 3 saturated carbocycles. The Balaban J connectivity index is 2.13. The fraction of sp³-hybridized carbons (Fsp3) is 0.789. The molecule has 0 aromatic heterocycles. The van der Waals surface area contributed by atoms with Gasteiger partial charge in [0.15, 0.2) is 0 Å². The van der Waals surface area contributed by atoms with Crippen LogP contribution in [-0.4, -0.2) is 46.1 Å². The van der Waals surface area contributed by atoms with Crippen LogP contribution in [0.2, 0.25) is 0 Å². The second kappa shape index (κ2) is 5.30. The van der Waals surface area contributed by atoms with Gasteiger partial charge in [-0.25, -0.2) is 0 Å². The molecule has 0 saturated heterocycles. The lowest BCUT2D eigenvalue weighted by atomic mass is 9.65. The van der Waals surface area contributed by atoms with Crippen molar-refractivity contribution in [1.29, 1.82) is 0 Å². The number of ether oxygens (including phenoxy) is 2. The van der Waals surface area contributed by atoms with Crippen LogP contribution < -0.4 is 0 Å². The molecule has 7 unspecified atom stereocenters. The topological polar surface area (TPSA) is 93.1 Å². The fourth-order valence-electron chi connectivity index (χ4n) is 6.24. The zero-order valence-corrected chi connectivity index (χ0v) is 15.5. The molecular weight excluding hydrogens is 324 g/mol. The monoisotopic (exact) mass is 352 g/mol. The lowest BCUT2D eigenvalue weighted by Gasteiger charge is -2.42. The van der Waals surface area contributed by atoms with Gasteiger partial charge in [-0.05, 0) is 18.4 Å². The van der Waals surface area contributed by atoms with E-state index in [0.29, 0.717) is 18.4 Å². The summed E-state index contributed by atoms with van der Waals surface area (Å²) in [6.45, 7) is 12.6. The maximum absolute atomic E-state index is 11.7. The number of esters is 2. The Bertz CT molecular complexity index is 640. The molecule has 0 aliphatic heterocycles. The average molecular weight is 352 g/mol. The summed E-state index contributed by atoms with van der Waals surface area (Å²) in [6.07, 6.45) is -0.999. The van der Waals surface area contributed by atoms with Gasteiger partial charge in [0.1, 0.15) is 12.2 Å². The second-order valence-electron chi connectivity index (χ2n) is 8.80. The molecule has 3 rings (SSSR count). The Morgan fingerprint density at radius 2 is 1.72 bits per heavy atom. The first kappa shape index (κ1) is 18.4. The van der Waals surface area contributed by atoms with Crippen molar-refractivity contribution in [2.75, 3.05) is 0 Å². The molecule has 3 fully saturated rings. The summed E-state index contributed by atoms with van der Waals surface area (Å²) < 4.78 is 11.2. The van der Waals surface area contributed by atoms with Crippen molar-refractivity contribution >= 4 is 11.9 Å². The van der Waals surface area contributed by atoms with Crippen molar-refractivity contribution in [3.8, 4) is 0 Å². The number of fused-ring (bicyclic) bond motifs is 3. The van der Waals surface area contributed by atoms with Crippen LogP contribution in [0.25, 0.3) is 0 Å². The average Bonchev–Trinajstić information content (AvgIpc) is 2.87. The third kappa shape index (κ3) is 2.23. The second-order valence-corrected chi connectivity index (χ2v) is 8.80. The van der Waals surface area contributed by atoms with Gasteiger partial charge < -0.3 is 19.7 Å². The Kier molecular flexibility index (Phi) is 3.90. The number of carbonyl (C=O) groups excluding carboxylic acids is 2. The summed E-state index contributed by atoms with van der Waals surface area (Å²) >= 11 is 0. The first-order valence-corrected chi connectivity index (χ1v) is 8.81. The number of aliphatic hydroxyl groups is 2. The summed E-state index contributed by atoms with van der Waals surface area (Å²) in [4.78, 5) is 23.3. The minimum atomic E-state index is -1.35. The Hall–Kier alpha value is -1.40. The van der Waals surface area contributed by atoms with E-state index in [-0.39, 0.29) is 11.9 Å². The molecule has 0 bridgehead atoms. The first-order chi connectivity index (χ1) is 11.4. The molecule has 0 heterocycles. The highest BCUT2D eigenvalue weighted by Crippen LogP contribution is 2.72. The van der Waals surface area contributed by atoms with Gasteiger partial charge >= 0.3 is 11.9 Å². The van der Waals surface area contributed by atoms with Crippen molar-refractivity contribution in [3.05, 3.63) is 12.2 Å². The third-order valence-electron chi connectivity index (χ3n) is 6.87. The minimum Gasteiger partial charge on any atom is -0.462 e. The third-order valence-corrected chi connectivity index (χ3v) is 6.87. The van der Waals surface area contributed by atoms with E-state index in [4.69, 9.17) is 9.47 Å². The summed E-state index contributed by atoms with van der Waals surface area (Å²) in [7, 11) is 0. The number of aliphatic hydroxyl groups excluding tert-OH is 1. The van der Waals surface area contributed by atoms with Crippen molar-refractivity contribution in [3.63, 3.8) is 0 Å². The number of carbonyl (C=O) groups is 2. The maximum Gasteiger partial charge on any atom is 0.302 e. The van der Waals surface area contributed by atoms with E-state index < -0.39 is 46.6 Å². The van der Waals surface area contributed by atoms with Crippen molar-refractivity contribution in [1.82, 2.24) is 0 Å². The summed E-state index contributed by atoms with van der Waals surface area (Å²) in [5.74, 6) is -1.56. The molecule has 25 heavy (non-hydrogen) atoms. The van der Waals surface area contributed by atoms with Gasteiger partial charge in [-0.3, -0.25) is 9.59 Å². The van der Waals surface area contributed by atoms with Crippen LogP contribution >= 0.6 is 0 Å². The molecule has 3 aliphatic rings. The van der Waals surface area contributed by atoms with Crippen LogP contribution in [0.3, 0.4) is 0 Å². The van der Waals surface area contributed by atoms with Gasteiger partial charge in [-0.2, -0.15) is 0 Å². The summed E-state index contributed by atoms with van der Waals surface area (Å²) in [5, 5.41) is 22.0. The number of hydrogen-bond donors (Lipinski definition) is 2. The molecule has 7 atom stereocenters. The molecule has 0 amide bonds. The SMILES string of the molecule is C=C1C(O)CC2C(OC(C)=O)C3(C)CC(OC(C)=O)C(C)(C)C3C12O. The van der Waals surface area contributed by atoms with Gasteiger partial charge in [0.25, 0.3) is 0 Å². The highest BCUT2D eigenvalue weighted by atomic mass is 16.6. The predicted octanol–water partition coefficient (Wildman–Crippen LogP) is 1.58. The largest absolute Gasteiger partial charge is 0.462 e. The number of rotatable bonds is 2. The Labute approximate surface area is 148 Å².